The Morgan fingerprint density at radius 3 is 2.56 bits per heavy atom. The zero-order valence-electron chi connectivity index (χ0n) is 18.4. The number of aromatic nitrogens is 3. The predicted octanol–water partition coefficient (Wildman–Crippen LogP) is 3.07. The third-order valence-electron chi connectivity index (χ3n) is 5.57. The maximum Gasteiger partial charge on any atom is 0.230 e. The maximum atomic E-state index is 12.6. The topological polar surface area (TPSA) is 72.3 Å². The third kappa shape index (κ3) is 5.76. The minimum absolute atomic E-state index is 0.0190. The number of nitrogens with one attached hydrogen (secondary N) is 1. The van der Waals surface area contributed by atoms with Gasteiger partial charge in [-0.15, -0.1) is 10.2 Å². The highest BCUT2D eigenvalue weighted by molar-refractivity contribution is 7.99. The van der Waals surface area contributed by atoms with Crippen LogP contribution in [0.5, 0.6) is 0 Å². The number of thioether (sulfide) groups is 1. The summed E-state index contributed by atoms with van der Waals surface area (Å²) in [6, 6.07) is 16.5. The number of nitrogens with zero attached hydrogens (tertiary/aromatic N) is 4. The minimum Gasteiger partial charge on any atom is -0.379 e. The number of carbonyl (C=O) groups excluding carboxylic acids is 1. The Morgan fingerprint density at radius 2 is 1.78 bits per heavy atom. The SMILES string of the molecule is CCc1ccccc1-n1cnnc1SCC(=O)NCc1ccccc1CN1CCOCC1. The van der Waals surface area contributed by atoms with Crippen LogP contribution < -0.4 is 5.32 Å². The first-order chi connectivity index (χ1) is 15.7. The normalized spacial score (nSPS) is 14.4. The molecule has 0 saturated carbocycles. The van der Waals surface area contributed by atoms with Crippen LogP contribution in [0.4, 0.5) is 0 Å². The second-order valence-corrected chi connectivity index (χ2v) is 8.63. The molecule has 32 heavy (non-hydrogen) atoms. The fourth-order valence-electron chi connectivity index (χ4n) is 3.79. The van der Waals surface area contributed by atoms with Crippen LogP contribution in [0.15, 0.2) is 60.0 Å². The smallest absolute Gasteiger partial charge is 0.230 e. The molecule has 0 aliphatic carbocycles. The van der Waals surface area contributed by atoms with Crippen LogP contribution in [-0.4, -0.2) is 57.6 Å². The zero-order valence-corrected chi connectivity index (χ0v) is 19.2. The molecular weight excluding hydrogens is 422 g/mol. The van der Waals surface area contributed by atoms with Gasteiger partial charge in [-0.05, 0) is 29.2 Å². The monoisotopic (exact) mass is 451 g/mol. The van der Waals surface area contributed by atoms with Crippen molar-refractivity contribution in [2.75, 3.05) is 32.1 Å². The van der Waals surface area contributed by atoms with E-state index < -0.39 is 0 Å². The van der Waals surface area contributed by atoms with E-state index in [1.54, 1.807) is 6.33 Å². The van der Waals surface area contributed by atoms with Crippen molar-refractivity contribution >= 4 is 17.7 Å². The number of rotatable bonds is 9. The van der Waals surface area contributed by atoms with E-state index in [1.807, 2.05) is 22.8 Å². The van der Waals surface area contributed by atoms with Crippen molar-refractivity contribution in [1.29, 1.82) is 0 Å². The van der Waals surface area contributed by atoms with Gasteiger partial charge in [0.15, 0.2) is 5.16 Å². The molecule has 1 aliphatic rings. The number of hydrogen-bond acceptors (Lipinski definition) is 6. The zero-order chi connectivity index (χ0) is 22.2. The molecule has 1 aliphatic heterocycles. The number of amides is 1. The molecule has 4 rings (SSSR count). The van der Waals surface area contributed by atoms with Gasteiger partial charge < -0.3 is 10.1 Å². The molecule has 0 spiro atoms. The molecule has 7 nitrogen and oxygen atoms in total. The fraction of sp³-hybridized carbons (Fsp3) is 0.375. The van der Waals surface area contributed by atoms with Gasteiger partial charge in [-0.1, -0.05) is 61.2 Å². The molecule has 8 heteroatoms. The van der Waals surface area contributed by atoms with Gasteiger partial charge in [0, 0.05) is 26.2 Å². The van der Waals surface area contributed by atoms with Crippen LogP contribution in [0.25, 0.3) is 5.69 Å². The summed E-state index contributed by atoms with van der Waals surface area (Å²) >= 11 is 1.40. The quantitative estimate of drug-likeness (QED) is 0.504. The number of hydrogen-bond donors (Lipinski definition) is 1. The molecule has 1 fully saturated rings. The van der Waals surface area contributed by atoms with Crippen molar-refractivity contribution in [2.24, 2.45) is 0 Å². The lowest BCUT2D eigenvalue weighted by Crippen LogP contribution is -2.36. The van der Waals surface area contributed by atoms with Crippen LogP contribution in [0, 0.1) is 0 Å². The molecular formula is C24H29N5O2S. The Kier molecular flexibility index (Phi) is 7.92. The first kappa shape index (κ1) is 22.5. The summed E-state index contributed by atoms with van der Waals surface area (Å²) in [6.45, 7) is 6.97. The average molecular weight is 452 g/mol. The van der Waals surface area contributed by atoms with Crippen LogP contribution in [0.2, 0.25) is 0 Å². The number of aryl methyl sites for hydroxylation is 1. The summed E-state index contributed by atoms with van der Waals surface area (Å²) < 4.78 is 7.39. The summed E-state index contributed by atoms with van der Waals surface area (Å²) in [4.78, 5) is 15.0. The standard InChI is InChI=1S/C24H29N5O2S/c1-2-19-7-5-6-10-22(19)29-18-26-27-24(29)32-17-23(30)25-15-20-8-3-4-9-21(20)16-28-11-13-31-14-12-28/h3-10,18H,2,11-17H2,1H3,(H,25,30). The number of morpholine rings is 1. The highest BCUT2D eigenvalue weighted by Gasteiger charge is 2.14. The van der Waals surface area contributed by atoms with Gasteiger partial charge in [0.05, 0.1) is 24.7 Å². The molecule has 0 unspecified atom stereocenters. The molecule has 1 saturated heterocycles. The summed E-state index contributed by atoms with van der Waals surface area (Å²) in [5.74, 6) is 0.271. The van der Waals surface area contributed by atoms with E-state index in [-0.39, 0.29) is 5.91 Å². The van der Waals surface area contributed by atoms with Gasteiger partial charge in [0.2, 0.25) is 5.91 Å². The second kappa shape index (κ2) is 11.3. The molecule has 1 aromatic heterocycles. The summed E-state index contributed by atoms with van der Waals surface area (Å²) in [7, 11) is 0. The van der Waals surface area contributed by atoms with Gasteiger partial charge >= 0.3 is 0 Å². The first-order valence-corrected chi connectivity index (χ1v) is 12.0. The molecule has 168 valence electrons. The van der Waals surface area contributed by atoms with E-state index >= 15 is 0 Å². The van der Waals surface area contributed by atoms with E-state index in [1.165, 1.54) is 22.9 Å². The highest BCUT2D eigenvalue weighted by Crippen LogP contribution is 2.22. The van der Waals surface area contributed by atoms with Gasteiger partial charge in [-0.2, -0.15) is 0 Å². The van der Waals surface area contributed by atoms with E-state index in [0.717, 1.165) is 50.5 Å². The van der Waals surface area contributed by atoms with E-state index in [0.29, 0.717) is 17.5 Å². The fourth-order valence-corrected chi connectivity index (χ4v) is 4.54. The van der Waals surface area contributed by atoms with Gasteiger partial charge in [-0.3, -0.25) is 14.3 Å². The van der Waals surface area contributed by atoms with Crippen LogP contribution in [-0.2, 0) is 29.0 Å². The van der Waals surface area contributed by atoms with Crippen molar-refractivity contribution < 1.29 is 9.53 Å². The van der Waals surface area contributed by atoms with Crippen LogP contribution in [0.1, 0.15) is 23.6 Å². The van der Waals surface area contributed by atoms with Gasteiger partial charge in [-0.25, -0.2) is 0 Å². The van der Waals surface area contributed by atoms with Crippen molar-refractivity contribution in [2.45, 2.75) is 31.6 Å². The predicted molar refractivity (Wildman–Crippen MR) is 126 cm³/mol. The highest BCUT2D eigenvalue weighted by atomic mass is 32.2. The van der Waals surface area contributed by atoms with Crippen LogP contribution >= 0.6 is 11.8 Å². The summed E-state index contributed by atoms with van der Waals surface area (Å²) in [5, 5.41) is 12.1. The van der Waals surface area contributed by atoms with Crippen molar-refractivity contribution in [1.82, 2.24) is 25.0 Å². The molecule has 3 aromatic rings. The minimum atomic E-state index is -0.0190. The van der Waals surface area contributed by atoms with Crippen molar-refractivity contribution in [3.63, 3.8) is 0 Å². The number of para-hydroxylation sites is 1. The molecule has 1 amide bonds. The molecule has 1 N–H and O–H groups in total. The van der Waals surface area contributed by atoms with Crippen molar-refractivity contribution in [3.05, 3.63) is 71.5 Å². The lowest BCUT2D eigenvalue weighted by molar-refractivity contribution is -0.118. The molecule has 2 heterocycles. The van der Waals surface area contributed by atoms with Gasteiger partial charge in [0.25, 0.3) is 0 Å². The number of carbonyl (C=O) groups is 1. The second-order valence-electron chi connectivity index (χ2n) is 7.69. The Morgan fingerprint density at radius 1 is 1.06 bits per heavy atom. The maximum absolute atomic E-state index is 12.6. The number of benzene rings is 2. The van der Waals surface area contributed by atoms with E-state index in [9.17, 15) is 4.79 Å². The Bertz CT molecular complexity index is 1030. The Hall–Kier alpha value is -2.68. The Labute approximate surface area is 193 Å². The Balaban J connectivity index is 1.33. The lowest BCUT2D eigenvalue weighted by Gasteiger charge is -2.27. The average Bonchev–Trinajstić information content (AvgIpc) is 3.31. The summed E-state index contributed by atoms with van der Waals surface area (Å²) in [6.07, 6.45) is 2.62. The largest absolute Gasteiger partial charge is 0.379 e. The molecule has 0 bridgehead atoms. The first-order valence-electron chi connectivity index (χ1n) is 11.0. The summed E-state index contributed by atoms with van der Waals surface area (Å²) in [5.41, 5.74) is 4.67. The molecule has 0 atom stereocenters. The molecule has 0 radical (unpaired) electrons. The third-order valence-corrected chi connectivity index (χ3v) is 6.52. The lowest BCUT2D eigenvalue weighted by atomic mass is 10.1. The van der Waals surface area contributed by atoms with E-state index in [2.05, 4.69) is 57.7 Å². The van der Waals surface area contributed by atoms with Gasteiger partial charge in [0.1, 0.15) is 6.33 Å². The van der Waals surface area contributed by atoms with Crippen LogP contribution in [0.3, 0.4) is 0 Å². The van der Waals surface area contributed by atoms with Crippen molar-refractivity contribution in [3.8, 4) is 5.69 Å². The number of ether oxygens (including phenoxy) is 1. The van der Waals surface area contributed by atoms with E-state index in [4.69, 9.17) is 4.74 Å². The molecule has 2 aromatic carbocycles.